The topological polar surface area (TPSA) is 79.6 Å². The van der Waals surface area contributed by atoms with Gasteiger partial charge in [-0.05, 0) is 19.9 Å². The second-order valence-electron chi connectivity index (χ2n) is 6.66. The second kappa shape index (κ2) is 6.53. The largest absolute Gasteiger partial charge is 0.332 e. The van der Waals surface area contributed by atoms with Crippen LogP contribution >= 0.6 is 0 Å². The summed E-state index contributed by atoms with van der Waals surface area (Å²) in [6.07, 6.45) is 0. The predicted octanol–water partition coefficient (Wildman–Crippen LogP) is 1.16. The standard InChI is InChI=1S/C20H20N6O2/c1-5-6-11-26-17-18(24(26)4)23(3)20(28)25(19(17)27)12-16-21-13(2)14-9-7-8-10-15(14)22-16/h7-10H,11-12H2,1-4H3. The van der Waals surface area contributed by atoms with Crippen LogP contribution in [0.5, 0.6) is 0 Å². The fraction of sp³-hybridized carbons (Fsp3) is 0.300. The number of rotatable bonds is 3. The van der Waals surface area contributed by atoms with Crippen LogP contribution in [0.4, 0.5) is 0 Å². The molecule has 0 aliphatic heterocycles. The van der Waals surface area contributed by atoms with Crippen molar-refractivity contribution < 1.29 is 0 Å². The first kappa shape index (κ1) is 17.8. The summed E-state index contributed by atoms with van der Waals surface area (Å²) in [5.74, 6) is 6.21. The van der Waals surface area contributed by atoms with Gasteiger partial charge in [-0.25, -0.2) is 14.8 Å². The molecule has 0 fully saturated rings. The van der Waals surface area contributed by atoms with Gasteiger partial charge < -0.3 is 0 Å². The zero-order valence-corrected chi connectivity index (χ0v) is 16.2. The van der Waals surface area contributed by atoms with E-state index in [2.05, 4.69) is 21.8 Å². The molecule has 0 unspecified atom stereocenters. The van der Waals surface area contributed by atoms with Crippen LogP contribution in [0.1, 0.15) is 18.4 Å². The Morgan fingerprint density at radius 2 is 1.86 bits per heavy atom. The zero-order valence-electron chi connectivity index (χ0n) is 16.2. The minimum absolute atomic E-state index is 0.0153. The Kier molecular flexibility index (Phi) is 4.15. The van der Waals surface area contributed by atoms with Gasteiger partial charge in [-0.15, -0.1) is 5.92 Å². The van der Waals surface area contributed by atoms with Crippen LogP contribution in [0.3, 0.4) is 0 Å². The Hall–Kier alpha value is -3.60. The van der Waals surface area contributed by atoms with Crippen LogP contribution < -0.4 is 11.2 Å². The van der Waals surface area contributed by atoms with Crippen LogP contribution in [-0.4, -0.2) is 28.5 Å². The number of hydrogen-bond donors (Lipinski definition) is 0. The van der Waals surface area contributed by atoms with Gasteiger partial charge in [-0.3, -0.25) is 23.3 Å². The van der Waals surface area contributed by atoms with E-state index in [9.17, 15) is 9.59 Å². The van der Waals surface area contributed by atoms with Crippen molar-refractivity contribution in [1.29, 1.82) is 0 Å². The van der Waals surface area contributed by atoms with Crippen LogP contribution in [0.15, 0.2) is 33.9 Å². The molecule has 0 aliphatic carbocycles. The first-order valence-corrected chi connectivity index (χ1v) is 8.91. The number of benzene rings is 1. The number of hydrogen-bond acceptors (Lipinski definition) is 4. The Bertz CT molecular complexity index is 1400. The maximum atomic E-state index is 13.1. The molecule has 3 aromatic heterocycles. The van der Waals surface area contributed by atoms with E-state index in [0.717, 1.165) is 16.6 Å². The van der Waals surface area contributed by atoms with E-state index < -0.39 is 5.69 Å². The van der Waals surface area contributed by atoms with Gasteiger partial charge in [0.15, 0.2) is 11.2 Å². The van der Waals surface area contributed by atoms with E-state index in [0.29, 0.717) is 23.5 Å². The summed E-state index contributed by atoms with van der Waals surface area (Å²) in [5, 5.41) is 0.953. The first-order chi connectivity index (χ1) is 13.4. The van der Waals surface area contributed by atoms with Gasteiger partial charge in [-0.2, -0.15) is 0 Å². The third-order valence-electron chi connectivity index (χ3n) is 4.97. The molecule has 8 heteroatoms. The van der Waals surface area contributed by atoms with Crippen molar-refractivity contribution in [2.75, 3.05) is 0 Å². The molecule has 0 N–H and O–H groups in total. The van der Waals surface area contributed by atoms with Crippen molar-refractivity contribution in [3.05, 3.63) is 56.6 Å². The van der Waals surface area contributed by atoms with Crippen LogP contribution in [0.25, 0.3) is 22.1 Å². The summed E-state index contributed by atoms with van der Waals surface area (Å²) in [7, 11) is 3.46. The molecule has 0 saturated carbocycles. The van der Waals surface area contributed by atoms with Crippen molar-refractivity contribution in [3.63, 3.8) is 0 Å². The quantitative estimate of drug-likeness (QED) is 0.503. The molecule has 0 saturated heterocycles. The molecular weight excluding hydrogens is 356 g/mol. The normalized spacial score (nSPS) is 11.1. The molecule has 8 nitrogen and oxygen atoms in total. The molecule has 0 atom stereocenters. The van der Waals surface area contributed by atoms with Crippen molar-refractivity contribution in [2.45, 2.75) is 26.9 Å². The number of para-hydroxylation sites is 1. The molecule has 3 heterocycles. The molecule has 1 aromatic carbocycles. The fourth-order valence-electron chi connectivity index (χ4n) is 3.54. The second-order valence-corrected chi connectivity index (χ2v) is 6.66. The average molecular weight is 376 g/mol. The van der Waals surface area contributed by atoms with Gasteiger partial charge >= 0.3 is 5.69 Å². The Morgan fingerprint density at radius 1 is 1.11 bits per heavy atom. The average Bonchev–Trinajstić information content (AvgIpc) is 2.68. The molecule has 0 bridgehead atoms. The third kappa shape index (κ3) is 2.55. The van der Waals surface area contributed by atoms with Gasteiger partial charge in [0, 0.05) is 25.2 Å². The highest BCUT2D eigenvalue weighted by molar-refractivity contribution is 5.80. The van der Waals surface area contributed by atoms with Crippen LogP contribution in [0.2, 0.25) is 0 Å². The predicted molar refractivity (Wildman–Crippen MR) is 107 cm³/mol. The molecule has 0 spiro atoms. The highest BCUT2D eigenvalue weighted by Crippen LogP contribution is 2.15. The number of nitrogens with zero attached hydrogens (tertiary/aromatic N) is 6. The SMILES string of the molecule is CC#CCn1c2c(=O)n(Cc3nc(C)c4ccccc4n3)c(=O)n(C)c2n1C. The van der Waals surface area contributed by atoms with E-state index >= 15 is 0 Å². The van der Waals surface area contributed by atoms with Crippen LogP contribution in [0, 0.1) is 18.8 Å². The van der Waals surface area contributed by atoms with Crippen molar-refractivity contribution >= 4 is 22.1 Å². The van der Waals surface area contributed by atoms with Gasteiger partial charge in [0.25, 0.3) is 5.56 Å². The van der Waals surface area contributed by atoms with Crippen molar-refractivity contribution in [2.24, 2.45) is 14.1 Å². The molecule has 0 aliphatic rings. The smallest absolute Gasteiger partial charge is 0.279 e. The van der Waals surface area contributed by atoms with E-state index in [1.165, 1.54) is 9.13 Å². The summed E-state index contributed by atoms with van der Waals surface area (Å²) >= 11 is 0. The molecule has 0 radical (unpaired) electrons. The summed E-state index contributed by atoms with van der Waals surface area (Å²) < 4.78 is 6.18. The van der Waals surface area contributed by atoms with E-state index in [1.807, 2.05) is 31.2 Å². The number of aromatic nitrogens is 6. The lowest BCUT2D eigenvalue weighted by Gasteiger charge is -2.24. The van der Waals surface area contributed by atoms with E-state index in [-0.39, 0.29) is 12.1 Å². The maximum absolute atomic E-state index is 13.1. The summed E-state index contributed by atoms with van der Waals surface area (Å²) in [6, 6.07) is 7.68. The molecule has 0 amide bonds. The zero-order chi connectivity index (χ0) is 20.0. The number of fused-ring (bicyclic) bond motifs is 2. The Labute approximate surface area is 160 Å². The van der Waals surface area contributed by atoms with Gasteiger partial charge in [0.2, 0.25) is 0 Å². The lowest BCUT2D eigenvalue weighted by molar-refractivity contribution is 0.513. The minimum atomic E-state index is -0.397. The summed E-state index contributed by atoms with van der Waals surface area (Å²) in [6.45, 7) is 4.05. The molecule has 4 rings (SSSR count). The highest BCUT2D eigenvalue weighted by atomic mass is 16.2. The van der Waals surface area contributed by atoms with E-state index in [1.54, 1.807) is 30.4 Å². The van der Waals surface area contributed by atoms with Gasteiger partial charge in [-0.1, -0.05) is 24.1 Å². The van der Waals surface area contributed by atoms with Crippen molar-refractivity contribution in [3.8, 4) is 11.8 Å². The molecule has 4 aromatic rings. The van der Waals surface area contributed by atoms with Crippen molar-refractivity contribution in [1.82, 2.24) is 28.5 Å². The molecule has 142 valence electrons. The Morgan fingerprint density at radius 3 is 2.61 bits per heavy atom. The number of aryl methyl sites for hydroxylation is 3. The summed E-state index contributed by atoms with van der Waals surface area (Å²) in [5.41, 5.74) is 1.90. The van der Waals surface area contributed by atoms with Crippen LogP contribution in [-0.2, 0) is 27.2 Å². The third-order valence-corrected chi connectivity index (χ3v) is 4.97. The highest BCUT2D eigenvalue weighted by Gasteiger charge is 2.21. The molecule has 28 heavy (non-hydrogen) atoms. The lowest BCUT2D eigenvalue weighted by Crippen LogP contribution is -2.45. The lowest BCUT2D eigenvalue weighted by atomic mass is 10.2. The van der Waals surface area contributed by atoms with Gasteiger partial charge in [0.1, 0.15) is 12.4 Å². The van der Waals surface area contributed by atoms with E-state index in [4.69, 9.17) is 0 Å². The Balaban J connectivity index is 1.88. The van der Waals surface area contributed by atoms with Gasteiger partial charge in [0.05, 0.1) is 12.1 Å². The molecular formula is C20H20N6O2. The minimum Gasteiger partial charge on any atom is -0.279 e. The maximum Gasteiger partial charge on any atom is 0.332 e. The monoisotopic (exact) mass is 376 g/mol. The summed E-state index contributed by atoms with van der Waals surface area (Å²) in [4.78, 5) is 34.9. The first-order valence-electron chi connectivity index (χ1n) is 8.91. The fourth-order valence-corrected chi connectivity index (χ4v) is 3.54.